The third kappa shape index (κ3) is 5.17. The second-order valence-electron chi connectivity index (χ2n) is 3.86. The fourth-order valence-electron chi connectivity index (χ4n) is 1.92. The Kier molecular flexibility index (Phi) is 10.5. The Hall–Kier alpha value is -0.240. The van der Waals surface area contributed by atoms with Crippen LogP contribution in [-0.4, -0.2) is 80.3 Å². The van der Waals surface area contributed by atoms with Gasteiger partial charge in [-0.25, -0.2) is 0 Å². The molecule has 0 aromatic rings. The first kappa shape index (κ1) is 17.8. The second kappa shape index (κ2) is 10.7. The van der Waals surface area contributed by atoms with Crippen molar-refractivity contribution in [3.05, 3.63) is 0 Å². The summed E-state index contributed by atoms with van der Waals surface area (Å²) in [6.45, 7) is 0.830. The van der Waals surface area contributed by atoms with Gasteiger partial charge in [-0.3, -0.25) is 0 Å². The monoisotopic (exact) mass is 266 g/mol. The van der Waals surface area contributed by atoms with Crippen LogP contribution in [0.1, 0.15) is 0 Å². The molecule has 0 radical (unpaired) electrons. The zero-order chi connectivity index (χ0) is 14.0. The average Bonchev–Trinajstić information content (AvgIpc) is 2.40. The number of methoxy groups -OCH3 is 6. The van der Waals surface area contributed by atoms with E-state index in [1.165, 1.54) is 0 Å². The molecule has 0 aliphatic rings. The lowest BCUT2D eigenvalue weighted by Gasteiger charge is -2.34. The van der Waals surface area contributed by atoms with Gasteiger partial charge in [0.15, 0.2) is 0 Å². The maximum absolute atomic E-state index is 5.47. The van der Waals surface area contributed by atoms with Crippen LogP contribution in [0.3, 0.4) is 0 Å². The molecule has 0 amide bonds. The van der Waals surface area contributed by atoms with Crippen molar-refractivity contribution >= 4 is 0 Å². The van der Waals surface area contributed by atoms with E-state index in [9.17, 15) is 0 Å². The molecule has 0 rings (SSSR count). The Labute approximate surface area is 109 Å². The summed E-state index contributed by atoms with van der Waals surface area (Å²) in [4.78, 5) is 0. The first-order valence-electron chi connectivity index (χ1n) is 5.79. The Bertz CT molecular complexity index is 169. The maximum atomic E-state index is 5.47. The van der Waals surface area contributed by atoms with Crippen molar-refractivity contribution in [1.82, 2.24) is 0 Å². The van der Waals surface area contributed by atoms with Gasteiger partial charge in [0.2, 0.25) is 0 Å². The lowest BCUT2D eigenvalue weighted by Crippen LogP contribution is -2.50. The normalized spacial score (nSPS) is 18.3. The van der Waals surface area contributed by atoms with Crippen LogP contribution in [-0.2, 0) is 28.4 Å². The molecule has 0 spiro atoms. The predicted octanol–water partition coefficient (Wildman–Crippen LogP) is 0.339. The summed E-state index contributed by atoms with van der Waals surface area (Å²) in [6, 6.07) is 0. The Morgan fingerprint density at radius 2 is 0.889 bits per heavy atom. The van der Waals surface area contributed by atoms with Gasteiger partial charge >= 0.3 is 0 Å². The molecule has 0 aromatic carbocycles. The average molecular weight is 266 g/mol. The zero-order valence-electron chi connectivity index (χ0n) is 12.2. The summed E-state index contributed by atoms with van der Waals surface area (Å²) in [7, 11) is 9.67. The fourth-order valence-corrected chi connectivity index (χ4v) is 1.92. The Morgan fingerprint density at radius 1 is 0.556 bits per heavy atom. The van der Waals surface area contributed by atoms with Crippen molar-refractivity contribution in [2.75, 3.05) is 55.9 Å². The maximum Gasteiger partial charge on any atom is 0.114 e. The van der Waals surface area contributed by atoms with Crippen LogP contribution < -0.4 is 0 Å². The molecule has 0 aliphatic heterocycles. The summed E-state index contributed by atoms with van der Waals surface area (Å²) in [5.41, 5.74) is 0. The van der Waals surface area contributed by atoms with Gasteiger partial charge in [-0.2, -0.15) is 0 Å². The van der Waals surface area contributed by atoms with E-state index >= 15 is 0 Å². The molecule has 0 aromatic heterocycles. The topological polar surface area (TPSA) is 55.4 Å². The third-order valence-electron chi connectivity index (χ3n) is 2.87. The largest absolute Gasteiger partial charge is 0.382 e. The number of hydrogen-bond acceptors (Lipinski definition) is 6. The Morgan fingerprint density at radius 3 is 1.06 bits per heavy atom. The van der Waals surface area contributed by atoms with Gasteiger partial charge in [-0.05, 0) is 0 Å². The van der Waals surface area contributed by atoms with Gasteiger partial charge in [-0.1, -0.05) is 0 Å². The van der Waals surface area contributed by atoms with Crippen molar-refractivity contribution in [1.29, 1.82) is 0 Å². The van der Waals surface area contributed by atoms with Crippen molar-refractivity contribution in [2.24, 2.45) is 0 Å². The van der Waals surface area contributed by atoms with E-state index in [2.05, 4.69) is 0 Å². The highest BCUT2D eigenvalue weighted by Crippen LogP contribution is 2.16. The van der Waals surface area contributed by atoms with E-state index < -0.39 is 0 Å². The van der Waals surface area contributed by atoms with Crippen LogP contribution in [0.25, 0.3) is 0 Å². The molecule has 6 nitrogen and oxygen atoms in total. The quantitative estimate of drug-likeness (QED) is 0.537. The van der Waals surface area contributed by atoms with E-state index in [1.54, 1.807) is 42.7 Å². The minimum atomic E-state index is -0.306. The summed E-state index contributed by atoms with van der Waals surface area (Å²) in [5.74, 6) is 0. The molecule has 0 saturated heterocycles. The van der Waals surface area contributed by atoms with Crippen LogP contribution in [0, 0.1) is 0 Å². The van der Waals surface area contributed by atoms with Crippen molar-refractivity contribution < 1.29 is 28.4 Å². The standard InChI is InChI=1S/C12H26O6/c1-13-7-9(15-3)11(17-5)12(18-6)10(16-4)8-14-2/h9-12H,7-8H2,1-6H3/t9-,10+,11-,12+. The predicted molar refractivity (Wildman–Crippen MR) is 66.9 cm³/mol. The second-order valence-corrected chi connectivity index (χ2v) is 3.86. The summed E-state index contributed by atoms with van der Waals surface area (Å²) < 4.78 is 31.9. The van der Waals surface area contributed by atoms with Crippen LogP contribution in [0.5, 0.6) is 0 Å². The first-order chi connectivity index (χ1) is 8.69. The van der Waals surface area contributed by atoms with Crippen LogP contribution in [0.4, 0.5) is 0 Å². The highest BCUT2D eigenvalue weighted by molar-refractivity contribution is 4.85. The number of rotatable bonds is 11. The molecule has 0 bridgehead atoms. The number of ether oxygens (including phenoxy) is 6. The SMILES string of the molecule is COC[C@H](OC)[C@H](OC)[C@H](OC)[C@@H](COC)OC. The van der Waals surface area contributed by atoms with Gasteiger partial charge in [0.05, 0.1) is 13.2 Å². The summed E-state index contributed by atoms with van der Waals surface area (Å²) in [6.07, 6.45) is -1.08. The van der Waals surface area contributed by atoms with E-state index in [4.69, 9.17) is 28.4 Å². The molecule has 6 heteroatoms. The molecule has 0 heterocycles. The molecule has 0 N–H and O–H groups in total. The third-order valence-corrected chi connectivity index (χ3v) is 2.87. The summed E-state index contributed by atoms with van der Waals surface area (Å²) in [5, 5.41) is 0. The first-order valence-corrected chi connectivity index (χ1v) is 5.79. The zero-order valence-corrected chi connectivity index (χ0v) is 12.2. The molecular weight excluding hydrogens is 240 g/mol. The van der Waals surface area contributed by atoms with Gasteiger partial charge in [0.1, 0.15) is 24.4 Å². The fraction of sp³-hybridized carbons (Fsp3) is 1.00. The van der Waals surface area contributed by atoms with E-state index in [0.29, 0.717) is 13.2 Å². The molecule has 0 saturated carbocycles. The van der Waals surface area contributed by atoms with Crippen LogP contribution >= 0.6 is 0 Å². The Balaban J connectivity index is 4.81. The van der Waals surface area contributed by atoms with Crippen molar-refractivity contribution in [3.8, 4) is 0 Å². The van der Waals surface area contributed by atoms with Crippen molar-refractivity contribution in [3.63, 3.8) is 0 Å². The highest BCUT2D eigenvalue weighted by Gasteiger charge is 2.36. The smallest absolute Gasteiger partial charge is 0.114 e. The lowest BCUT2D eigenvalue weighted by molar-refractivity contribution is -0.166. The molecule has 110 valence electrons. The van der Waals surface area contributed by atoms with Crippen LogP contribution in [0.2, 0.25) is 0 Å². The molecular formula is C12H26O6. The summed E-state index contributed by atoms with van der Waals surface area (Å²) >= 11 is 0. The van der Waals surface area contributed by atoms with E-state index in [-0.39, 0.29) is 24.4 Å². The lowest BCUT2D eigenvalue weighted by atomic mass is 10.0. The van der Waals surface area contributed by atoms with E-state index in [0.717, 1.165) is 0 Å². The van der Waals surface area contributed by atoms with Gasteiger partial charge in [-0.15, -0.1) is 0 Å². The molecule has 0 aliphatic carbocycles. The molecule has 4 atom stereocenters. The molecule has 0 fully saturated rings. The van der Waals surface area contributed by atoms with Crippen molar-refractivity contribution in [2.45, 2.75) is 24.4 Å². The molecule has 18 heavy (non-hydrogen) atoms. The van der Waals surface area contributed by atoms with Gasteiger partial charge in [0.25, 0.3) is 0 Å². The van der Waals surface area contributed by atoms with Gasteiger partial charge < -0.3 is 28.4 Å². The van der Waals surface area contributed by atoms with Gasteiger partial charge in [0, 0.05) is 42.7 Å². The highest BCUT2D eigenvalue weighted by atomic mass is 16.6. The van der Waals surface area contributed by atoms with Crippen LogP contribution in [0.15, 0.2) is 0 Å². The minimum Gasteiger partial charge on any atom is -0.382 e. The number of hydrogen-bond donors (Lipinski definition) is 0. The van der Waals surface area contributed by atoms with E-state index in [1.807, 2.05) is 0 Å². The minimum absolute atomic E-state index is 0.237. The molecule has 0 unspecified atom stereocenters.